The van der Waals surface area contributed by atoms with Crippen LogP contribution in [0.4, 0.5) is 0 Å². The van der Waals surface area contributed by atoms with Crippen LogP contribution in [0.2, 0.25) is 0 Å². The van der Waals surface area contributed by atoms with Crippen molar-refractivity contribution in [3.05, 3.63) is 59.4 Å². The van der Waals surface area contributed by atoms with Crippen LogP contribution >= 0.6 is 0 Å². The summed E-state index contributed by atoms with van der Waals surface area (Å²) in [7, 11) is 0. The van der Waals surface area contributed by atoms with Crippen molar-refractivity contribution < 1.29 is 9.53 Å². The number of allylic oxidation sites excluding steroid dienone is 2. The Bertz CT molecular complexity index is 693. The van der Waals surface area contributed by atoms with Gasteiger partial charge in [0.25, 0.3) is 0 Å². The molecule has 2 aromatic rings. The van der Waals surface area contributed by atoms with Gasteiger partial charge in [0, 0.05) is 11.1 Å². The topological polar surface area (TPSA) is 26.3 Å². The molecule has 0 aromatic heterocycles. The first kappa shape index (κ1) is 10.8. The number of benzene rings is 2. The second kappa shape index (κ2) is 4.15. The van der Waals surface area contributed by atoms with Crippen molar-refractivity contribution in [3.63, 3.8) is 0 Å². The number of ether oxygens (including phenoxy) is 1. The smallest absolute Gasteiger partial charge is 0.149 e. The molecule has 0 fully saturated rings. The number of aldehydes is 1. The number of hydrogen-bond acceptors (Lipinski definition) is 2. The van der Waals surface area contributed by atoms with Crippen molar-refractivity contribution in [2.45, 2.75) is 6.92 Å². The van der Waals surface area contributed by atoms with Gasteiger partial charge in [-0.25, -0.2) is 0 Å². The highest BCUT2D eigenvalue weighted by Crippen LogP contribution is 2.34. The second-order valence-electron chi connectivity index (χ2n) is 4.30. The van der Waals surface area contributed by atoms with Crippen LogP contribution in [0.1, 0.15) is 12.5 Å². The maximum atomic E-state index is 10.8. The van der Waals surface area contributed by atoms with Crippen molar-refractivity contribution in [1.82, 2.24) is 0 Å². The lowest BCUT2D eigenvalue weighted by Gasteiger charge is -2.17. The Morgan fingerprint density at radius 2 is 1.94 bits per heavy atom. The molecule has 88 valence electrons. The summed E-state index contributed by atoms with van der Waals surface area (Å²) in [5, 5.41) is 2.35. The molecule has 1 aliphatic heterocycles. The highest BCUT2D eigenvalue weighted by atomic mass is 16.5. The summed E-state index contributed by atoms with van der Waals surface area (Å²) in [5.41, 5.74) is 1.67. The fourth-order valence-corrected chi connectivity index (χ4v) is 2.12. The molecule has 0 aliphatic carbocycles. The molecule has 0 N–H and O–H groups in total. The molecule has 0 amide bonds. The molecule has 0 saturated carbocycles. The van der Waals surface area contributed by atoms with E-state index in [0.29, 0.717) is 11.3 Å². The Morgan fingerprint density at radius 3 is 2.78 bits per heavy atom. The Labute approximate surface area is 105 Å². The molecule has 0 radical (unpaired) electrons. The Kier molecular flexibility index (Phi) is 2.49. The third-order valence-electron chi connectivity index (χ3n) is 3.12. The van der Waals surface area contributed by atoms with Gasteiger partial charge in [0.15, 0.2) is 0 Å². The summed E-state index contributed by atoms with van der Waals surface area (Å²) in [5.74, 6) is 1.42. The average molecular weight is 236 g/mol. The molecular weight excluding hydrogens is 224 g/mol. The first-order chi connectivity index (χ1) is 8.79. The van der Waals surface area contributed by atoms with Crippen LogP contribution in [-0.4, -0.2) is 6.29 Å². The summed E-state index contributed by atoms with van der Waals surface area (Å²) < 4.78 is 5.75. The number of rotatable bonds is 1. The highest BCUT2D eigenvalue weighted by molar-refractivity contribution is 5.94. The summed E-state index contributed by atoms with van der Waals surface area (Å²) >= 11 is 0. The van der Waals surface area contributed by atoms with Crippen LogP contribution < -0.4 is 4.74 Å². The SMILES string of the molecule is C/C(C=O)=C1/C=Cc2c(ccc3ccccc23)O1. The number of carbonyl (C=O) groups is 1. The highest BCUT2D eigenvalue weighted by Gasteiger charge is 2.13. The first-order valence-corrected chi connectivity index (χ1v) is 5.83. The predicted octanol–water partition coefficient (Wildman–Crippen LogP) is 3.72. The van der Waals surface area contributed by atoms with Gasteiger partial charge in [0.1, 0.15) is 17.8 Å². The fraction of sp³-hybridized carbons (Fsp3) is 0.0625. The molecule has 0 bridgehead atoms. The Balaban J connectivity index is 2.21. The van der Waals surface area contributed by atoms with E-state index in [2.05, 4.69) is 12.1 Å². The molecule has 0 saturated heterocycles. The summed E-state index contributed by atoms with van der Waals surface area (Å²) in [6.07, 6.45) is 4.66. The molecule has 2 aromatic carbocycles. The zero-order chi connectivity index (χ0) is 12.5. The van der Waals surface area contributed by atoms with Crippen LogP contribution in [0.15, 0.2) is 53.8 Å². The quantitative estimate of drug-likeness (QED) is 0.557. The molecule has 18 heavy (non-hydrogen) atoms. The van der Waals surface area contributed by atoms with Gasteiger partial charge in [-0.2, -0.15) is 0 Å². The lowest BCUT2D eigenvalue weighted by atomic mass is 10.0. The lowest BCUT2D eigenvalue weighted by Crippen LogP contribution is -2.02. The molecule has 2 nitrogen and oxygen atoms in total. The molecule has 0 atom stereocenters. The van der Waals surface area contributed by atoms with E-state index >= 15 is 0 Å². The maximum absolute atomic E-state index is 10.8. The van der Waals surface area contributed by atoms with Gasteiger partial charge in [-0.05, 0) is 35.9 Å². The zero-order valence-corrected chi connectivity index (χ0v) is 10.0. The van der Waals surface area contributed by atoms with Gasteiger partial charge in [0.05, 0.1) is 0 Å². The third-order valence-corrected chi connectivity index (χ3v) is 3.12. The Hall–Kier alpha value is -2.35. The van der Waals surface area contributed by atoms with Gasteiger partial charge in [-0.15, -0.1) is 0 Å². The average Bonchev–Trinajstić information content (AvgIpc) is 2.45. The summed E-state index contributed by atoms with van der Waals surface area (Å²) in [6.45, 7) is 1.75. The number of fused-ring (bicyclic) bond motifs is 3. The van der Waals surface area contributed by atoms with Crippen molar-refractivity contribution >= 4 is 23.1 Å². The number of hydrogen-bond donors (Lipinski definition) is 0. The first-order valence-electron chi connectivity index (χ1n) is 5.83. The van der Waals surface area contributed by atoms with Crippen LogP contribution in [0.3, 0.4) is 0 Å². The summed E-state index contributed by atoms with van der Waals surface area (Å²) in [6, 6.07) is 12.2. The molecular formula is C16H12O2. The molecule has 0 spiro atoms. The molecule has 1 heterocycles. The second-order valence-corrected chi connectivity index (χ2v) is 4.30. The predicted molar refractivity (Wildman–Crippen MR) is 72.4 cm³/mol. The third kappa shape index (κ3) is 1.63. The Morgan fingerprint density at radius 1 is 1.11 bits per heavy atom. The minimum absolute atomic E-state index is 0.602. The number of carbonyl (C=O) groups excluding carboxylic acids is 1. The monoisotopic (exact) mass is 236 g/mol. The van der Waals surface area contributed by atoms with Crippen molar-refractivity contribution in [1.29, 1.82) is 0 Å². The summed E-state index contributed by atoms with van der Waals surface area (Å²) in [4.78, 5) is 10.8. The van der Waals surface area contributed by atoms with Crippen LogP contribution in [0.5, 0.6) is 5.75 Å². The molecule has 0 unspecified atom stereocenters. The van der Waals surface area contributed by atoms with Gasteiger partial charge >= 0.3 is 0 Å². The minimum atomic E-state index is 0.602. The maximum Gasteiger partial charge on any atom is 0.149 e. The van der Waals surface area contributed by atoms with Gasteiger partial charge in [0.2, 0.25) is 0 Å². The fourth-order valence-electron chi connectivity index (χ4n) is 2.12. The standard InChI is InChI=1S/C16H12O2/c1-11(10-17)15-9-7-14-13-5-3-2-4-12(13)6-8-16(14)18-15/h2-10H,1H3/b15-11+. The van der Waals surface area contributed by atoms with Gasteiger partial charge in [-0.3, -0.25) is 4.79 Å². The van der Waals surface area contributed by atoms with Crippen molar-refractivity contribution in [2.24, 2.45) is 0 Å². The van der Waals surface area contributed by atoms with E-state index in [-0.39, 0.29) is 0 Å². The van der Waals surface area contributed by atoms with Crippen LogP contribution in [0, 0.1) is 0 Å². The van der Waals surface area contributed by atoms with E-state index in [1.54, 1.807) is 6.92 Å². The van der Waals surface area contributed by atoms with E-state index < -0.39 is 0 Å². The van der Waals surface area contributed by atoms with Crippen LogP contribution in [-0.2, 0) is 4.79 Å². The van der Waals surface area contributed by atoms with E-state index in [0.717, 1.165) is 23.0 Å². The minimum Gasteiger partial charge on any atom is -0.456 e. The zero-order valence-electron chi connectivity index (χ0n) is 10.0. The van der Waals surface area contributed by atoms with E-state index in [4.69, 9.17) is 4.74 Å². The van der Waals surface area contributed by atoms with Crippen molar-refractivity contribution in [3.8, 4) is 5.75 Å². The lowest BCUT2D eigenvalue weighted by molar-refractivity contribution is -0.105. The normalized spacial score (nSPS) is 16.1. The van der Waals surface area contributed by atoms with Crippen LogP contribution in [0.25, 0.3) is 16.8 Å². The molecule has 2 heteroatoms. The van der Waals surface area contributed by atoms with E-state index in [9.17, 15) is 4.79 Å². The van der Waals surface area contributed by atoms with E-state index in [1.165, 1.54) is 5.39 Å². The largest absolute Gasteiger partial charge is 0.456 e. The molecule has 1 aliphatic rings. The van der Waals surface area contributed by atoms with Gasteiger partial charge < -0.3 is 4.74 Å². The van der Waals surface area contributed by atoms with E-state index in [1.807, 2.05) is 36.4 Å². The molecule has 3 rings (SSSR count). The van der Waals surface area contributed by atoms with Gasteiger partial charge in [-0.1, -0.05) is 30.3 Å². The van der Waals surface area contributed by atoms with Crippen molar-refractivity contribution in [2.75, 3.05) is 0 Å².